The van der Waals surface area contributed by atoms with Crippen LogP contribution in [0.5, 0.6) is 0 Å². The topological polar surface area (TPSA) is 89.2 Å². The molecule has 0 aliphatic carbocycles. The van der Waals surface area contributed by atoms with Gasteiger partial charge in [0.25, 0.3) is 0 Å². The maximum atomic E-state index is 12.2. The van der Waals surface area contributed by atoms with Gasteiger partial charge in [0, 0.05) is 43.9 Å². The van der Waals surface area contributed by atoms with Crippen LogP contribution in [0.2, 0.25) is 0 Å². The zero-order valence-electron chi connectivity index (χ0n) is 11.9. The lowest BCUT2D eigenvalue weighted by Gasteiger charge is -2.05. The monoisotopic (exact) mass is 312 g/mol. The number of aryl methyl sites for hydroxylation is 2. The predicted octanol–water partition coefficient (Wildman–Crippen LogP) is 0.565. The van der Waals surface area contributed by atoms with Gasteiger partial charge >= 0.3 is 0 Å². The Labute approximate surface area is 124 Å². The van der Waals surface area contributed by atoms with Gasteiger partial charge in [0.1, 0.15) is 0 Å². The Morgan fingerprint density at radius 2 is 2.24 bits per heavy atom. The number of nitrogens with zero attached hydrogens (tertiary/aromatic N) is 3. The summed E-state index contributed by atoms with van der Waals surface area (Å²) >= 11 is 0. The molecule has 0 atom stereocenters. The van der Waals surface area contributed by atoms with Gasteiger partial charge in [0.05, 0.1) is 17.8 Å². The first kappa shape index (κ1) is 15.7. The Kier molecular flexibility index (Phi) is 5.16. The molecule has 0 saturated carbocycles. The average molecular weight is 312 g/mol. The van der Waals surface area contributed by atoms with E-state index in [9.17, 15) is 13.5 Å². The second-order valence-corrected chi connectivity index (χ2v) is 6.43. The van der Waals surface area contributed by atoms with E-state index in [0.29, 0.717) is 31.7 Å². The number of hydrogen-bond acceptors (Lipinski definition) is 4. The quantitative estimate of drug-likeness (QED) is 0.697. The fraction of sp³-hybridized carbons (Fsp3) is 0.462. The van der Waals surface area contributed by atoms with E-state index in [1.54, 1.807) is 23.3 Å². The van der Waals surface area contributed by atoms with Crippen LogP contribution in [0, 0.1) is 0 Å². The van der Waals surface area contributed by atoms with Crippen molar-refractivity contribution in [2.24, 2.45) is 0 Å². The highest BCUT2D eigenvalue weighted by Gasteiger charge is 2.17. The number of sulfonamides is 1. The molecular weight excluding hydrogens is 292 g/mol. The second-order valence-electron chi connectivity index (χ2n) is 4.66. The molecule has 8 heteroatoms. The molecule has 0 aliphatic rings. The molecule has 2 N–H and O–H groups in total. The van der Waals surface area contributed by atoms with Gasteiger partial charge in [-0.3, -0.25) is 0 Å². The first-order chi connectivity index (χ1) is 10.1. The molecule has 21 heavy (non-hydrogen) atoms. The van der Waals surface area contributed by atoms with Gasteiger partial charge in [-0.2, -0.15) is 0 Å². The van der Waals surface area contributed by atoms with Crippen LogP contribution >= 0.6 is 0 Å². The van der Waals surface area contributed by atoms with Crippen molar-refractivity contribution in [3.8, 4) is 0 Å². The normalized spacial score (nSPS) is 11.9. The third-order valence-corrected chi connectivity index (χ3v) is 4.65. The Bertz CT molecular complexity index is 640. The number of nitrogens with one attached hydrogen (secondary N) is 1. The zero-order valence-corrected chi connectivity index (χ0v) is 12.8. The first-order valence-corrected chi connectivity index (χ1v) is 8.30. The van der Waals surface area contributed by atoms with E-state index in [-0.39, 0.29) is 11.5 Å². The van der Waals surface area contributed by atoms with Crippen molar-refractivity contribution in [3.05, 3.63) is 36.7 Å². The Balaban J connectivity index is 1.93. The number of aliphatic hydroxyl groups excluding tert-OH is 1. The first-order valence-electron chi connectivity index (χ1n) is 6.82. The van der Waals surface area contributed by atoms with Crippen LogP contribution in [0.1, 0.15) is 19.0 Å². The summed E-state index contributed by atoms with van der Waals surface area (Å²) in [6, 6.07) is 1.50. The van der Waals surface area contributed by atoms with Crippen molar-refractivity contribution >= 4 is 10.0 Å². The van der Waals surface area contributed by atoms with Crippen molar-refractivity contribution in [2.45, 2.75) is 37.9 Å². The van der Waals surface area contributed by atoms with E-state index in [0.717, 1.165) is 0 Å². The molecular formula is C13H20N4O3S. The molecule has 0 bridgehead atoms. The van der Waals surface area contributed by atoms with E-state index >= 15 is 0 Å². The van der Waals surface area contributed by atoms with Gasteiger partial charge in [-0.1, -0.05) is 0 Å². The van der Waals surface area contributed by atoms with E-state index in [4.69, 9.17) is 0 Å². The summed E-state index contributed by atoms with van der Waals surface area (Å²) in [5, 5.41) is 9.20. The summed E-state index contributed by atoms with van der Waals surface area (Å²) in [6.45, 7) is 3.40. The highest BCUT2D eigenvalue weighted by Crippen LogP contribution is 2.14. The van der Waals surface area contributed by atoms with Crippen LogP contribution in [0.25, 0.3) is 0 Å². The highest BCUT2D eigenvalue weighted by molar-refractivity contribution is 7.89. The van der Waals surface area contributed by atoms with Crippen molar-refractivity contribution in [2.75, 3.05) is 6.54 Å². The summed E-state index contributed by atoms with van der Waals surface area (Å²) in [5.41, 5.74) is 0.594. The van der Waals surface area contributed by atoms with Crippen LogP contribution in [0.4, 0.5) is 0 Å². The summed E-state index contributed by atoms with van der Waals surface area (Å²) in [6.07, 6.45) is 7.45. The Morgan fingerprint density at radius 1 is 1.43 bits per heavy atom. The molecule has 2 aromatic rings. The van der Waals surface area contributed by atoms with Gasteiger partial charge in [0.15, 0.2) is 0 Å². The molecule has 0 fully saturated rings. The summed E-state index contributed by atoms with van der Waals surface area (Å²) in [4.78, 5) is 4.12. The highest BCUT2D eigenvalue weighted by atomic mass is 32.2. The molecule has 0 aliphatic heterocycles. The smallest absolute Gasteiger partial charge is 0.242 e. The van der Waals surface area contributed by atoms with Crippen molar-refractivity contribution in [3.63, 3.8) is 0 Å². The van der Waals surface area contributed by atoms with Gasteiger partial charge in [-0.25, -0.2) is 18.1 Å². The number of imidazole rings is 1. The SMILES string of the molecule is CCn1cc(S(=O)(=O)NCCCn2ccnc2)cc1CO. The lowest BCUT2D eigenvalue weighted by atomic mass is 10.4. The van der Waals surface area contributed by atoms with E-state index < -0.39 is 10.0 Å². The third kappa shape index (κ3) is 3.93. The molecule has 0 amide bonds. The number of rotatable bonds is 8. The molecule has 0 radical (unpaired) electrons. The van der Waals surface area contributed by atoms with E-state index in [1.165, 1.54) is 6.07 Å². The van der Waals surface area contributed by atoms with Crippen molar-refractivity contribution in [1.82, 2.24) is 18.8 Å². The van der Waals surface area contributed by atoms with Crippen LogP contribution < -0.4 is 4.72 Å². The molecule has 0 aromatic carbocycles. The lowest BCUT2D eigenvalue weighted by molar-refractivity contribution is 0.271. The van der Waals surface area contributed by atoms with E-state index in [1.807, 2.05) is 17.7 Å². The molecule has 2 heterocycles. The molecule has 116 valence electrons. The maximum Gasteiger partial charge on any atom is 0.242 e. The van der Waals surface area contributed by atoms with E-state index in [2.05, 4.69) is 9.71 Å². The largest absolute Gasteiger partial charge is 0.390 e. The predicted molar refractivity (Wildman–Crippen MR) is 78.1 cm³/mol. The third-order valence-electron chi connectivity index (χ3n) is 3.22. The fourth-order valence-corrected chi connectivity index (χ4v) is 3.21. The molecule has 0 saturated heterocycles. The van der Waals surface area contributed by atoms with Gasteiger partial charge in [0.2, 0.25) is 10.0 Å². The lowest BCUT2D eigenvalue weighted by Crippen LogP contribution is -2.25. The number of aliphatic hydroxyl groups is 1. The van der Waals surface area contributed by atoms with Crippen LogP contribution in [-0.4, -0.2) is 34.2 Å². The van der Waals surface area contributed by atoms with Crippen LogP contribution in [0.15, 0.2) is 35.9 Å². The summed E-state index contributed by atoms with van der Waals surface area (Å²) in [5.74, 6) is 0. The molecule has 2 rings (SSSR count). The molecule has 2 aromatic heterocycles. The summed E-state index contributed by atoms with van der Waals surface area (Å²) in [7, 11) is -3.53. The zero-order chi connectivity index (χ0) is 15.3. The minimum Gasteiger partial charge on any atom is -0.390 e. The Hall–Kier alpha value is -1.64. The van der Waals surface area contributed by atoms with Gasteiger partial charge in [-0.15, -0.1) is 0 Å². The minimum absolute atomic E-state index is 0.177. The van der Waals surface area contributed by atoms with Crippen LogP contribution in [0.3, 0.4) is 0 Å². The average Bonchev–Trinajstić information content (AvgIpc) is 3.12. The number of hydrogen-bond donors (Lipinski definition) is 2. The van der Waals surface area contributed by atoms with Crippen molar-refractivity contribution in [1.29, 1.82) is 0 Å². The molecule has 0 unspecified atom stereocenters. The van der Waals surface area contributed by atoms with Crippen molar-refractivity contribution < 1.29 is 13.5 Å². The minimum atomic E-state index is -3.53. The number of aromatic nitrogens is 3. The van der Waals surface area contributed by atoms with Gasteiger partial charge in [-0.05, 0) is 19.4 Å². The maximum absolute atomic E-state index is 12.2. The standard InChI is InChI=1S/C13H20N4O3S/c1-2-17-9-13(8-12(17)10-18)21(19,20)15-4-3-6-16-7-5-14-11-16/h5,7-9,11,15,18H,2-4,6,10H2,1H3. The molecule has 0 spiro atoms. The van der Waals surface area contributed by atoms with Gasteiger partial charge < -0.3 is 14.2 Å². The molecule has 7 nitrogen and oxygen atoms in total. The second kappa shape index (κ2) is 6.88. The Morgan fingerprint density at radius 3 is 2.81 bits per heavy atom. The fourth-order valence-electron chi connectivity index (χ4n) is 2.07. The van der Waals surface area contributed by atoms with Crippen LogP contribution in [-0.2, 0) is 29.7 Å². The summed E-state index contributed by atoms with van der Waals surface area (Å²) < 4.78 is 30.5.